The predicted octanol–water partition coefficient (Wildman–Crippen LogP) is -1.29. The summed E-state index contributed by atoms with van der Waals surface area (Å²) in [7, 11) is 0. The Balaban J connectivity index is 1.58. The maximum Gasteiger partial charge on any atom is 0.323 e. The summed E-state index contributed by atoms with van der Waals surface area (Å²) in [5.41, 5.74) is -1.21. The number of hydrogen-bond donors (Lipinski definition) is 1. The van der Waals surface area contributed by atoms with Gasteiger partial charge in [-0.05, 0) is 20.8 Å². The highest BCUT2D eigenvalue weighted by atomic mass is 16.6. The lowest BCUT2D eigenvalue weighted by Crippen LogP contribution is -2.45. The first kappa shape index (κ1) is 22.9. The normalized spacial score (nSPS) is 23.6. The van der Waals surface area contributed by atoms with Crippen molar-refractivity contribution in [3.8, 4) is 0 Å². The van der Waals surface area contributed by atoms with E-state index in [4.69, 9.17) is 14.2 Å². The Morgan fingerprint density at radius 3 is 1.17 bits per heavy atom. The fraction of sp³-hybridized carbons (Fsp3) is 0.850. The van der Waals surface area contributed by atoms with E-state index in [9.17, 15) is 19.5 Å². The quantitative estimate of drug-likeness (QED) is 0.217. The number of nitrogens with zero attached hydrogens (tertiary/aromatic N) is 3. The molecule has 3 saturated heterocycles. The van der Waals surface area contributed by atoms with Crippen LogP contribution in [0.2, 0.25) is 0 Å². The van der Waals surface area contributed by atoms with Crippen molar-refractivity contribution in [1.29, 1.82) is 0 Å². The molecule has 10 heteroatoms. The van der Waals surface area contributed by atoms with Crippen molar-refractivity contribution < 1.29 is 33.7 Å². The van der Waals surface area contributed by atoms with Crippen molar-refractivity contribution in [3.05, 3.63) is 0 Å². The van der Waals surface area contributed by atoms with Crippen LogP contribution in [-0.2, 0) is 28.6 Å². The maximum atomic E-state index is 12.3. The van der Waals surface area contributed by atoms with E-state index in [0.29, 0.717) is 0 Å². The fourth-order valence-corrected chi connectivity index (χ4v) is 3.08. The van der Waals surface area contributed by atoms with Gasteiger partial charge in [-0.25, -0.2) is 0 Å². The fourth-order valence-electron chi connectivity index (χ4n) is 3.08. The van der Waals surface area contributed by atoms with Gasteiger partial charge in [0.05, 0.1) is 12.0 Å². The lowest BCUT2D eigenvalue weighted by atomic mass is 9.92. The van der Waals surface area contributed by atoms with Crippen molar-refractivity contribution in [2.45, 2.75) is 38.9 Å². The maximum absolute atomic E-state index is 12.3. The molecule has 0 aromatic heterocycles. The third-order valence-electron chi connectivity index (χ3n) is 6.01. The minimum Gasteiger partial charge on any atom is -0.464 e. The summed E-state index contributed by atoms with van der Waals surface area (Å²) < 4.78 is 16.3. The number of carbonyl (C=O) groups excluding carboxylic acids is 3. The highest BCUT2D eigenvalue weighted by Crippen LogP contribution is 2.23. The Kier molecular flexibility index (Phi) is 7.33. The Morgan fingerprint density at radius 2 is 0.967 bits per heavy atom. The summed E-state index contributed by atoms with van der Waals surface area (Å²) in [4.78, 5) is 42.7. The van der Waals surface area contributed by atoms with Crippen LogP contribution < -0.4 is 0 Å². The van der Waals surface area contributed by atoms with E-state index >= 15 is 0 Å². The minimum absolute atomic E-state index is 0.211. The summed E-state index contributed by atoms with van der Waals surface area (Å²) >= 11 is 0. The standard InChI is InChI=1S/C20H33N3O7/c1-14(21-4-5-21)17(25)28-11-20(10-24,12-29-18(26)15(2)22-6-7-22)13-30-19(27)16(3)23-8-9-23/h14-16,24H,4-13H2,1-3H3. The van der Waals surface area contributed by atoms with Crippen molar-refractivity contribution in [3.63, 3.8) is 0 Å². The molecule has 0 saturated carbocycles. The molecule has 3 heterocycles. The molecule has 3 aliphatic rings. The van der Waals surface area contributed by atoms with Gasteiger partial charge in [-0.3, -0.25) is 29.1 Å². The minimum atomic E-state index is -1.21. The molecule has 3 atom stereocenters. The Bertz CT molecular complexity index is 563. The van der Waals surface area contributed by atoms with E-state index in [-0.39, 0.29) is 37.9 Å². The van der Waals surface area contributed by atoms with Gasteiger partial charge in [-0.15, -0.1) is 0 Å². The molecule has 3 rings (SSSR count). The van der Waals surface area contributed by atoms with Crippen molar-refractivity contribution in [2.24, 2.45) is 5.41 Å². The molecule has 30 heavy (non-hydrogen) atoms. The molecular weight excluding hydrogens is 394 g/mol. The van der Waals surface area contributed by atoms with Gasteiger partial charge in [-0.1, -0.05) is 0 Å². The highest BCUT2D eigenvalue weighted by Gasteiger charge is 2.40. The topological polar surface area (TPSA) is 108 Å². The molecule has 3 unspecified atom stereocenters. The van der Waals surface area contributed by atoms with E-state index in [2.05, 4.69) is 0 Å². The van der Waals surface area contributed by atoms with Gasteiger partial charge in [0, 0.05) is 39.3 Å². The zero-order chi connectivity index (χ0) is 21.9. The Labute approximate surface area is 177 Å². The first-order valence-corrected chi connectivity index (χ1v) is 10.6. The van der Waals surface area contributed by atoms with Crippen LogP contribution in [-0.4, -0.2) is 122 Å². The number of ether oxygens (including phenoxy) is 3. The second kappa shape index (κ2) is 9.59. The van der Waals surface area contributed by atoms with Gasteiger partial charge in [0.25, 0.3) is 0 Å². The first-order valence-electron chi connectivity index (χ1n) is 10.6. The predicted molar refractivity (Wildman–Crippen MR) is 106 cm³/mol. The lowest BCUT2D eigenvalue weighted by Gasteiger charge is -2.31. The smallest absolute Gasteiger partial charge is 0.323 e. The SMILES string of the molecule is CC(C(=O)OCC(CO)(COC(=O)C(C)N1CC1)COC(=O)C(C)N1CC1)N1CC1. The molecule has 0 aromatic rings. The van der Waals surface area contributed by atoms with Gasteiger partial charge < -0.3 is 19.3 Å². The van der Waals surface area contributed by atoms with Crippen LogP contribution in [0.4, 0.5) is 0 Å². The average Bonchev–Trinajstić information content (AvgIpc) is 3.62. The van der Waals surface area contributed by atoms with Gasteiger partial charge in [0.1, 0.15) is 37.9 Å². The van der Waals surface area contributed by atoms with E-state index in [1.54, 1.807) is 20.8 Å². The average molecular weight is 427 g/mol. The Hall–Kier alpha value is -1.75. The molecule has 3 aliphatic heterocycles. The van der Waals surface area contributed by atoms with Gasteiger partial charge in [0.15, 0.2) is 0 Å². The molecule has 170 valence electrons. The molecule has 0 amide bonds. The molecule has 10 nitrogen and oxygen atoms in total. The number of esters is 3. The zero-order valence-electron chi connectivity index (χ0n) is 18.0. The second-order valence-electron chi connectivity index (χ2n) is 8.62. The van der Waals surface area contributed by atoms with E-state index in [0.717, 1.165) is 39.3 Å². The van der Waals surface area contributed by atoms with Crippen molar-refractivity contribution in [2.75, 3.05) is 65.7 Å². The van der Waals surface area contributed by atoms with E-state index in [1.807, 2.05) is 14.7 Å². The van der Waals surface area contributed by atoms with Crippen molar-refractivity contribution >= 4 is 17.9 Å². The number of rotatable bonds is 13. The number of aliphatic hydroxyl groups is 1. The molecule has 0 radical (unpaired) electrons. The molecule has 0 bridgehead atoms. The lowest BCUT2D eigenvalue weighted by molar-refractivity contribution is -0.169. The monoisotopic (exact) mass is 427 g/mol. The van der Waals surface area contributed by atoms with Gasteiger partial charge in [0.2, 0.25) is 0 Å². The summed E-state index contributed by atoms with van der Waals surface area (Å²) in [6.45, 7) is 9.26. The van der Waals surface area contributed by atoms with Crippen LogP contribution in [0.15, 0.2) is 0 Å². The van der Waals surface area contributed by atoms with Crippen LogP contribution >= 0.6 is 0 Å². The summed E-state index contributed by atoms with van der Waals surface area (Å²) in [6, 6.07) is -1.13. The number of carbonyl (C=O) groups is 3. The first-order chi connectivity index (χ1) is 14.3. The molecule has 0 aromatic carbocycles. The Morgan fingerprint density at radius 1 is 0.700 bits per heavy atom. The van der Waals surface area contributed by atoms with Crippen LogP contribution in [0, 0.1) is 5.41 Å². The zero-order valence-corrected chi connectivity index (χ0v) is 18.0. The number of hydrogen-bond acceptors (Lipinski definition) is 10. The van der Waals surface area contributed by atoms with Crippen LogP contribution in [0.3, 0.4) is 0 Å². The largest absolute Gasteiger partial charge is 0.464 e. The summed E-state index contributed by atoms with van der Waals surface area (Å²) in [5, 5.41) is 10.1. The van der Waals surface area contributed by atoms with Crippen LogP contribution in [0.5, 0.6) is 0 Å². The van der Waals surface area contributed by atoms with Gasteiger partial charge in [-0.2, -0.15) is 0 Å². The van der Waals surface area contributed by atoms with Gasteiger partial charge >= 0.3 is 17.9 Å². The summed E-state index contributed by atoms with van der Waals surface area (Å²) in [6.07, 6.45) is 0. The number of aliphatic hydroxyl groups excluding tert-OH is 1. The molecule has 3 fully saturated rings. The second-order valence-corrected chi connectivity index (χ2v) is 8.62. The molecule has 0 aliphatic carbocycles. The highest BCUT2D eigenvalue weighted by molar-refractivity contribution is 5.77. The van der Waals surface area contributed by atoms with Crippen molar-refractivity contribution in [1.82, 2.24) is 14.7 Å². The third kappa shape index (κ3) is 6.13. The molecule has 1 N–H and O–H groups in total. The molecule has 0 spiro atoms. The van der Waals surface area contributed by atoms with E-state index < -0.39 is 29.9 Å². The van der Waals surface area contributed by atoms with Crippen LogP contribution in [0.1, 0.15) is 20.8 Å². The van der Waals surface area contributed by atoms with Crippen LogP contribution in [0.25, 0.3) is 0 Å². The summed E-state index contributed by atoms with van der Waals surface area (Å²) in [5.74, 6) is -1.26. The van der Waals surface area contributed by atoms with E-state index in [1.165, 1.54) is 0 Å². The molecular formula is C20H33N3O7. The third-order valence-corrected chi connectivity index (χ3v) is 6.01.